The predicted molar refractivity (Wildman–Crippen MR) is 78.2 cm³/mol. The summed E-state index contributed by atoms with van der Waals surface area (Å²) in [6.07, 6.45) is -0.339. The second-order valence-corrected chi connectivity index (χ2v) is 7.07. The topological polar surface area (TPSA) is 29.5 Å². The van der Waals surface area contributed by atoms with E-state index in [2.05, 4.69) is 27.7 Å². The predicted octanol–water partition coefficient (Wildman–Crippen LogP) is 4.19. The van der Waals surface area contributed by atoms with Gasteiger partial charge in [0, 0.05) is 11.5 Å². The van der Waals surface area contributed by atoms with E-state index in [1.807, 2.05) is 38.1 Å². The molecule has 1 aromatic carbocycles. The third-order valence-corrected chi connectivity index (χ3v) is 5.05. The second kappa shape index (κ2) is 4.52. The number of hydrogen-bond acceptors (Lipinski definition) is 2. The molecule has 1 unspecified atom stereocenters. The minimum Gasteiger partial charge on any atom is -0.491 e. The van der Waals surface area contributed by atoms with Crippen LogP contribution in [-0.2, 0) is 0 Å². The molecule has 2 nitrogen and oxygen atoms in total. The van der Waals surface area contributed by atoms with E-state index in [0.717, 1.165) is 11.3 Å². The van der Waals surface area contributed by atoms with Gasteiger partial charge in [-0.25, -0.2) is 0 Å². The minimum atomic E-state index is -0.458. The highest BCUT2D eigenvalue weighted by molar-refractivity contribution is 5.38. The van der Waals surface area contributed by atoms with Crippen LogP contribution in [0.25, 0.3) is 0 Å². The molecule has 0 amide bonds. The first-order valence-corrected chi connectivity index (χ1v) is 7.13. The molecular weight excluding hydrogens is 236 g/mol. The molecule has 0 radical (unpaired) electrons. The van der Waals surface area contributed by atoms with Crippen LogP contribution in [0.4, 0.5) is 0 Å². The Morgan fingerprint density at radius 1 is 1.05 bits per heavy atom. The van der Waals surface area contributed by atoms with E-state index in [-0.39, 0.29) is 22.9 Å². The van der Waals surface area contributed by atoms with Gasteiger partial charge in [-0.1, -0.05) is 45.9 Å². The van der Waals surface area contributed by atoms with Crippen LogP contribution in [0.5, 0.6) is 5.75 Å². The van der Waals surface area contributed by atoms with E-state index in [1.54, 1.807) is 0 Å². The average Bonchev–Trinajstić information content (AvgIpc) is 2.68. The van der Waals surface area contributed by atoms with Crippen molar-refractivity contribution in [2.45, 2.75) is 53.8 Å². The number of benzene rings is 1. The fourth-order valence-electron chi connectivity index (χ4n) is 3.30. The number of hydrogen-bond donors (Lipinski definition) is 1. The first kappa shape index (κ1) is 14.4. The van der Waals surface area contributed by atoms with Crippen LogP contribution in [0.1, 0.15) is 53.2 Å². The maximum Gasteiger partial charge on any atom is 0.125 e. The van der Waals surface area contributed by atoms with E-state index in [1.165, 1.54) is 0 Å². The molecule has 19 heavy (non-hydrogen) atoms. The highest BCUT2D eigenvalue weighted by atomic mass is 16.5. The Morgan fingerprint density at radius 2 is 1.58 bits per heavy atom. The minimum absolute atomic E-state index is 0.119. The molecule has 1 fully saturated rings. The lowest BCUT2D eigenvalue weighted by molar-refractivity contribution is 0.123. The Labute approximate surface area is 116 Å². The molecule has 2 heteroatoms. The van der Waals surface area contributed by atoms with Crippen molar-refractivity contribution in [2.24, 2.45) is 16.7 Å². The maximum absolute atomic E-state index is 10.7. The van der Waals surface area contributed by atoms with E-state index in [9.17, 15) is 5.11 Å². The largest absolute Gasteiger partial charge is 0.491 e. The number of aliphatic hydroxyl groups is 1. The molecule has 0 bridgehead atoms. The average molecular weight is 262 g/mol. The third kappa shape index (κ3) is 2.27. The smallest absolute Gasteiger partial charge is 0.125 e. The van der Waals surface area contributed by atoms with Crippen LogP contribution in [0.15, 0.2) is 24.3 Å². The van der Waals surface area contributed by atoms with E-state index >= 15 is 0 Å². The maximum atomic E-state index is 10.7. The Balaban J connectivity index is 2.28. The molecule has 1 aliphatic rings. The quantitative estimate of drug-likeness (QED) is 0.881. The molecule has 1 N–H and O–H groups in total. The van der Waals surface area contributed by atoms with E-state index in [0.29, 0.717) is 0 Å². The highest BCUT2D eigenvalue weighted by Gasteiger charge is 2.67. The first-order chi connectivity index (χ1) is 8.69. The van der Waals surface area contributed by atoms with Gasteiger partial charge in [-0.2, -0.15) is 0 Å². The Hall–Kier alpha value is -1.02. The normalized spacial score (nSPS) is 22.3. The number of para-hydroxylation sites is 1. The fraction of sp³-hybridized carbons (Fsp3) is 0.647. The van der Waals surface area contributed by atoms with Crippen LogP contribution in [0.2, 0.25) is 0 Å². The van der Waals surface area contributed by atoms with Crippen molar-refractivity contribution >= 4 is 0 Å². The van der Waals surface area contributed by atoms with Gasteiger partial charge in [-0.3, -0.25) is 0 Å². The van der Waals surface area contributed by atoms with Gasteiger partial charge in [-0.05, 0) is 30.7 Å². The van der Waals surface area contributed by atoms with Gasteiger partial charge < -0.3 is 9.84 Å². The zero-order chi connectivity index (χ0) is 14.4. The van der Waals surface area contributed by atoms with Gasteiger partial charge in [0.15, 0.2) is 0 Å². The van der Waals surface area contributed by atoms with Crippen LogP contribution in [-0.4, -0.2) is 11.2 Å². The van der Waals surface area contributed by atoms with Crippen molar-refractivity contribution in [3.63, 3.8) is 0 Å². The molecule has 1 aliphatic carbocycles. The molecule has 1 atom stereocenters. The van der Waals surface area contributed by atoms with Crippen LogP contribution < -0.4 is 4.74 Å². The molecule has 0 aliphatic heterocycles. The summed E-state index contributed by atoms with van der Waals surface area (Å²) in [6.45, 7) is 12.9. The van der Waals surface area contributed by atoms with Gasteiger partial charge >= 0.3 is 0 Å². The molecule has 0 heterocycles. The summed E-state index contributed by atoms with van der Waals surface area (Å²) in [5.74, 6) is 1.08. The van der Waals surface area contributed by atoms with Crippen molar-refractivity contribution in [2.75, 3.05) is 0 Å². The lowest BCUT2D eigenvalue weighted by Gasteiger charge is -2.19. The van der Waals surface area contributed by atoms with Crippen LogP contribution >= 0.6 is 0 Å². The third-order valence-electron chi connectivity index (χ3n) is 5.05. The van der Waals surface area contributed by atoms with Crippen LogP contribution in [0.3, 0.4) is 0 Å². The van der Waals surface area contributed by atoms with Crippen molar-refractivity contribution in [1.82, 2.24) is 0 Å². The highest BCUT2D eigenvalue weighted by Crippen LogP contribution is 2.72. The van der Waals surface area contributed by atoms with Gasteiger partial charge in [0.25, 0.3) is 0 Å². The summed E-state index contributed by atoms with van der Waals surface area (Å²) in [6, 6.07) is 7.85. The van der Waals surface area contributed by atoms with Crippen molar-refractivity contribution < 1.29 is 9.84 Å². The SMILES string of the molecule is CC(C)Oc1ccccc1C(O)C1C(C)(C)C1(C)C. The van der Waals surface area contributed by atoms with E-state index < -0.39 is 6.10 Å². The molecule has 0 saturated heterocycles. The summed E-state index contributed by atoms with van der Waals surface area (Å²) < 4.78 is 5.82. The summed E-state index contributed by atoms with van der Waals surface area (Å²) in [7, 11) is 0. The van der Waals surface area contributed by atoms with Gasteiger partial charge in [0.1, 0.15) is 5.75 Å². The lowest BCUT2D eigenvalue weighted by Crippen LogP contribution is -2.11. The van der Waals surface area contributed by atoms with E-state index in [4.69, 9.17) is 4.74 Å². The van der Waals surface area contributed by atoms with Crippen molar-refractivity contribution in [1.29, 1.82) is 0 Å². The first-order valence-electron chi connectivity index (χ1n) is 7.13. The summed E-state index contributed by atoms with van der Waals surface area (Å²) in [5.41, 5.74) is 1.24. The fourth-order valence-corrected chi connectivity index (χ4v) is 3.30. The molecule has 1 aromatic rings. The molecule has 0 spiro atoms. The molecule has 1 saturated carbocycles. The lowest BCUT2D eigenvalue weighted by atomic mass is 9.98. The summed E-state index contributed by atoms with van der Waals surface area (Å²) in [5, 5.41) is 10.7. The molecular formula is C17H26O2. The van der Waals surface area contributed by atoms with Crippen molar-refractivity contribution in [3.8, 4) is 5.75 Å². The Kier molecular flexibility index (Phi) is 3.42. The number of ether oxygens (including phenoxy) is 1. The number of rotatable bonds is 4. The number of aliphatic hydroxyl groups excluding tert-OH is 1. The second-order valence-electron chi connectivity index (χ2n) is 7.07. The Bertz CT molecular complexity index is 446. The summed E-state index contributed by atoms with van der Waals surface area (Å²) in [4.78, 5) is 0. The standard InChI is InChI=1S/C17H26O2/c1-11(2)19-13-10-8-7-9-12(13)14(18)15-16(3,4)17(15,5)6/h7-11,14-15,18H,1-6H3. The van der Waals surface area contributed by atoms with Crippen molar-refractivity contribution in [3.05, 3.63) is 29.8 Å². The molecule has 0 aromatic heterocycles. The van der Waals surface area contributed by atoms with Gasteiger partial charge in [-0.15, -0.1) is 0 Å². The van der Waals surface area contributed by atoms with Gasteiger partial charge in [0.05, 0.1) is 12.2 Å². The summed E-state index contributed by atoms with van der Waals surface area (Å²) >= 11 is 0. The monoisotopic (exact) mass is 262 g/mol. The zero-order valence-electron chi connectivity index (χ0n) is 12.9. The molecule has 2 rings (SSSR count). The Morgan fingerprint density at radius 3 is 2.05 bits per heavy atom. The zero-order valence-corrected chi connectivity index (χ0v) is 12.9. The molecule has 106 valence electrons. The van der Waals surface area contributed by atoms with Crippen LogP contribution in [0, 0.1) is 16.7 Å². The van der Waals surface area contributed by atoms with Gasteiger partial charge in [0.2, 0.25) is 0 Å².